The highest BCUT2D eigenvalue weighted by Crippen LogP contribution is 2.22. The number of carbonyl (C=O) groups excluding carboxylic acids is 1. The summed E-state index contributed by atoms with van der Waals surface area (Å²) in [6, 6.07) is 20.6. The number of Topliss-reactive ketones (excluding diaryl/α,β-unsaturated/α-hetero) is 1. The van der Waals surface area contributed by atoms with E-state index in [0.29, 0.717) is 6.04 Å². The van der Waals surface area contributed by atoms with Gasteiger partial charge in [0.25, 0.3) is 0 Å². The van der Waals surface area contributed by atoms with E-state index in [1.54, 1.807) is 0 Å². The molecule has 0 radical (unpaired) electrons. The van der Waals surface area contributed by atoms with Crippen molar-refractivity contribution in [3.63, 3.8) is 0 Å². The molecule has 3 nitrogen and oxygen atoms in total. The lowest BCUT2D eigenvalue weighted by atomic mass is 10.0. The summed E-state index contributed by atoms with van der Waals surface area (Å²) in [5.41, 5.74) is 2.17. The van der Waals surface area contributed by atoms with Gasteiger partial charge in [0, 0.05) is 37.8 Å². The molecule has 1 fully saturated rings. The highest BCUT2D eigenvalue weighted by Gasteiger charge is 2.28. The van der Waals surface area contributed by atoms with E-state index in [0.717, 1.165) is 31.7 Å². The second-order valence-corrected chi connectivity index (χ2v) is 6.56. The van der Waals surface area contributed by atoms with Crippen molar-refractivity contribution in [2.24, 2.45) is 0 Å². The van der Waals surface area contributed by atoms with Gasteiger partial charge < -0.3 is 0 Å². The summed E-state index contributed by atoms with van der Waals surface area (Å²) in [4.78, 5) is 17.4. The van der Waals surface area contributed by atoms with Gasteiger partial charge in [0.2, 0.25) is 0 Å². The quantitative estimate of drug-likeness (QED) is 0.785. The molecule has 1 aliphatic rings. The van der Waals surface area contributed by atoms with Crippen molar-refractivity contribution >= 4 is 5.78 Å². The van der Waals surface area contributed by atoms with E-state index in [2.05, 4.69) is 47.1 Å². The van der Waals surface area contributed by atoms with Crippen molar-refractivity contribution in [2.75, 3.05) is 26.2 Å². The molecular formula is C21H26N2O. The van der Waals surface area contributed by atoms with Gasteiger partial charge in [0.05, 0.1) is 6.04 Å². The summed E-state index contributed by atoms with van der Waals surface area (Å²) in [6.07, 6.45) is 0. The van der Waals surface area contributed by atoms with Gasteiger partial charge in [-0.1, -0.05) is 60.7 Å². The number of carbonyl (C=O) groups is 1. The Labute approximate surface area is 144 Å². The van der Waals surface area contributed by atoms with Crippen molar-refractivity contribution in [1.29, 1.82) is 0 Å². The molecule has 2 atom stereocenters. The third kappa shape index (κ3) is 3.74. The molecule has 2 unspecified atom stereocenters. The third-order valence-corrected chi connectivity index (χ3v) is 5.16. The van der Waals surface area contributed by atoms with Crippen LogP contribution in [0, 0.1) is 0 Å². The van der Waals surface area contributed by atoms with E-state index in [-0.39, 0.29) is 11.8 Å². The zero-order valence-electron chi connectivity index (χ0n) is 14.6. The molecule has 3 rings (SSSR count). The van der Waals surface area contributed by atoms with Crippen LogP contribution in [0.3, 0.4) is 0 Å². The standard InChI is InChI=1S/C21H26N2O/c1-17(19-9-5-3-6-10-19)22-13-15-23(16-14-22)18(2)21(24)20-11-7-4-8-12-20/h3-12,17-18H,13-16H2,1-2H3. The van der Waals surface area contributed by atoms with Crippen LogP contribution in [0.5, 0.6) is 0 Å². The molecule has 1 aliphatic heterocycles. The van der Waals surface area contributed by atoms with Crippen molar-refractivity contribution in [2.45, 2.75) is 25.9 Å². The summed E-state index contributed by atoms with van der Waals surface area (Å²) < 4.78 is 0. The molecule has 2 aromatic carbocycles. The van der Waals surface area contributed by atoms with Gasteiger partial charge in [-0.15, -0.1) is 0 Å². The number of rotatable bonds is 5. The zero-order chi connectivity index (χ0) is 16.9. The normalized spacial score (nSPS) is 18.9. The molecule has 1 heterocycles. The Balaban J connectivity index is 1.58. The summed E-state index contributed by atoms with van der Waals surface area (Å²) in [5, 5.41) is 0. The van der Waals surface area contributed by atoms with Crippen LogP contribution in [0.2, 0.25) is 0 Å². The van der Waals surface area contributed by atoms with Crippen LogP contribution in [-0.4, -0.2) is 47.8 Å². The lowest BCUT2D eigenvalue weighted by molar-refractivity contribution is 0.0617. The lowest BCUT2D eigenvalue weighted by Crippen LogP contribution is -2.52. The largest absolute Gasteiger partial charge is 0.294 e. The van der Waals surface area contributed by atoms with E-state index >= 15 is 0 Å². The number of hydrogen-bond donors (Lipinski definition) is 0. The second-order valence-electron chi connectivity index (χ2n) is 6.56. The molecule has 0 N–H and O–H groups in total. The van der Waals surface area contributed by atoms with E-state index in [9.17, 15) is 4.79 Å². The van der Waals surface area contributed by atoms with Gasteiger partial charge in [0.1, 0.15) is 0 Å². The Morgan fingerprint density at radius 3 is 1.88 bits per heavy atom. The maximum Gasteiger partial charge on any atom is 0.179 e. The molecule has 126 valence electrons. The Morgan fingerprint density at radius 1 is 0.792 bits per heavy atom. The van der Waals surface area contributed by atoms with E-state index < -0.39 is 0 Å². The van der Waals surface area contributed by atoms with Crippen LogP contribution in [-0.2, 0) is 0 Å². The number of benzene rings is 2. The van der Waals surface area contributed by atoms with Crippen molar-refractivity contribution in [3.8, 4) is 0 Å². The first-order valence-corrected chi connectivity index (χ1v) is 8.79. The van der Waals surface area contributed by atoms with Crippen LogP contribution in [0.1, 0.15) is 35.8 Å². The number of nitrogens with zero attached hydrogens (tertiary/aromatic N) is 2. The summed E-state index contributed by atoms with van der Waals surface area (Å²) in [5.74, 6) is 0.222. The lowest BCUT2D eigenvalue weighted by Gasteiger charge is -2.40. The zero-order valence-corrected chi connectivity index (χ0v) is 14.6. The third-order valence-electron chi connectivity index (χ3n) is 5.16. The molecule has 0 bridgehead atoms. The minimum absolute atomic E-state index is 0.0541. The minimum Gasteiger partial charge on any atom is -0.294 e. The van der Waals surface area contributed by atoms with Crippen LogP contribution >= 0.6 is 0 Å². The van der Waals surface area contributed by atoms with Gasteiger partial charge in [-0.05, 0) is 19.4 Å². The summed E-state index contributed by atoms with van der Waals surface area (Å²) in [6.45, 7) is 8.19. The van der Waals surface area contributed by atoms with Crippen LogP contribution in [0.4, 0.5) is 0 Å². The Morgan fingerprint density at radius 2 is 1.29 bits per heavy atom. The number of hydrogen-bond acceptors (Lipinski definition) is 3. The maximum absolute atomic E-state index is 12.6. The predicted molar refractivity (Wildman–Crippen MR) is 98.2 cm³/mol. The molecule has 0 amide bonds. The first-order chi connectivity index (χ1) is 11.7. The van der Waals surface area contributed by atoms with Crippen LogP contribution in [0.15, 0.2) is 60.7 Å². The fourth-order valence-corrected chi connectivity index (χ4v) is 3.46. The molecule has 0 spiro atoms. The number of piperazine rings is 1. The fraction of sp³-hybridized carbons (Fsp3) is 0.381. The van der Waals surface area contributed by atoms with Crippen LogP contribution in [0.25, 0.3) is 0 Å². The van der Waals surface area contributed by atoms with Gasteiger partial charge >= 0.3 is 0 Å². The number of ketones is 1. The minimum atomic E-state index is -0.0541. The van der Waals surface area contributed by atoms with Gasteiger partial charge in [-0.3, -0.25) is 14.6 Å². The first-order valence-electron chi connectivity index (χ1n) is 8.79. The predicted octanol–water partition coefficient (Wildman–Crippen LogP) is 3.64. The summed E-state index contributed by atoms with van der Waals surface area (Å²) >= 11 is 0. The Bertz CT molecular complexity index is 648. The molecule has 1 saturated heterocycles. The first kappa shape index (κ1) is 16.9. The molecule has 3 heteroatoms. The average molecular weight is 322 g/mol. The SMILES string of the molecule is CC(C(=O)c1ccccc1)N1CCN(C(C)c2ccccc2)CC1. The monoisotopic (exact) mass is 322 g/mol. The highest BCUT2D eigenvalue weighted by atomic mass is 16.1. The van der Waals surface area contributed by atoms with Crippen molar-refractivity contribution in [3.05, 3.63) is 71.8 Å². The molecule has 0 aromatic heterocycles. The molecule has 0 aliphatic carbocycles. The van der Waals surface area contributed by atoms with Crippen LogP contribution < -0.4 is 0 Å². The summed E-state index contributed by atoms with van der Waals surface area (Å²) in [7, 11) is 0. The maximum atomic E-state index is 12.6. The van der Waals surface area contributed by atoms with Gasteiger partial charge in [-0.2, -0.15) is 0 Å². The van der Waals surface area contributed by atoms with Crippen molar-refractivity contribution in [1.82, 2.24) is 9.80 Å². The average Bonchev–Trinajstić information content (AvgIpc) is 2.68. The van der Waals surface area contributed by atoms with E-state index in [1.165, 1.54) is 5.56 Å². The topological polar surface area (TPSA) is 23.6 Å². The van der Waals surface area contributed by atoms with Gasteiger partial charge in [-0.25, -0.2) is 0 Å². The second kappa shape index (κ2) is 7.73. The molecule has 2 aromatic rings. The highest BCUT2D eigenvalue weighted by molar-refractivity contribution is 5.99. The van der Waals surface area contributed by atoms with Crippen molar-refractivity contribution < 1.29 is 4.79 Å². The Kier molecular flexibility index (Phi) is 5.44. The van der Waals surface area contributed by atoms with E-state index in [1.807, 2.05) is 37.3 Å². The molecular weight excluding hydrogens is 296 g/mol. The van der Waals surface area contributed by atoms with E-state index in [4.69, 9.17) is 0 Å². The Hall–Kier alpha value is -1.97. The fourth-order valence-electron chi connectivity index (χ4n) is 3.46. The van der Waals surface area contributed by atoms with Gasteiger partial charge in [0.15, 0.2) is 5.78 Å². The molecule has 24 heavy (non-hydrogen) atoms. The molecule has 0 saturated carbocycles. The smallest absolute Gasteiger partial charge is 0.179 e.